The second kappa shape index (κ2) is 9.45. The minimum Gasteiger partial charge on any atom is -0.493 e. The smallest absolute Gasteiger partial charge is 0.223 e. The zero-order chi connectivity index (χ0) is 19.1. The number of carbonyl (C=O) groups excluding carboxylic acids is 1. The fourth-order valence-corrected chi connectivity index (χ4v) is 3.61. The van der Waals surface area contributed by atoms with Gasteiger partial charge in [0, 0.05) is 35.2 Å². The molecule has 1 amide bonds. The van der Waals surface area contributed by atoms with E-state index in [0.717, 1.165) is 12.8 Å². The summed E-state index contributed by atoms with van der Waals surface area (Å²) in [5.41, 5.74) is 1.07. The zero-order valence-electron chi connectivity index (χ0n) is 15.0. The van der Waals surface area contributed by atoms with E-state index in [2.05, 4.69) is 5.32 Å². The first-order chi connectivity index (χ1) is 13.1. The molecule has 0 unspecified atom stereocenters. The van der Waals surface area contributed by atoms with Crippen molar-refractivity contribution in [2.45, 2.75) is 24.7 Å². The molecular formula is C21H23Cl2NO3. The third kappa shape index (κ3) is 5.61. The molecule has 0 bridgehead atoms. The third-order valence-electron chi connectivity index (χ3n) is 4.92. The maximum absolute atomic E-state index is 12.3. The van der Waals surface area contributed by atoms with E-state index >= 15 is 0 Å². The summed E-state index contributed by atoms with van der Waals surface area (Å²) >= 11 is 12.0. The third-order valence-corrected chi connectivity index (χ3v) is 5.41. The zero-order valence-corrected chi connectivity index (χ0v) is 16.6. The van der Waals surface area contributed by atoms with Crippen LogP contribution in [0.1, 0.15) is 24.8 Å². The largest absolute Gasteiger partial charge is 0.493 e. The number of benzene rings is 2. The number of nitrogens with one attached hydrogen (secondary N) is 1. The molecule has 2 aromatic rings. The number of rotatable bonds is 7. The van der Waals surface area contributed by atoms with Crippen LogP contribution in [-0.4, -0.2) is 32.3 Å². The van der Waals surface area contributed by atoms with Gasteiger partial charge < -0.3 is 14.8 Å². The van der Waals surface area contributed by atoms with Gasteiger partial charge in [0.25, 0.3) is 0 Å². The molecule has 0 saturated carbocycles. The Balaban J connectivity index is 1.53. The molecule has 0 aromatic heterocycles. The molecule has 0 aliphatic carbocycles. The van der Waals surface area contributed by atoms with Crippen LogP contribution in [0.4, 0.5) is 0 Å². The quantitative estimate of drug-likeness (QED) is 0.727. The van der Waals surface area contributed by atoms with Crippen LogP contribution in [0.2, 0.25) is 10.0 Å². The summed E-state index contributed by atoms with van der Waals surface area (Å²) in [5, 5.41) is 4.39. The lowest BCUT2D eigenvalue weighted by atomic mass is 9.74. The van der Waals surface area contributed by atoms with Crippen molar-refractivity contribution in [3.05, 3.63) is 64.1 Å². The topological polar surface area (TPSA) is 47.6 Å². The van der Waals surface area contributed by atoms with E-state index in [1.807, 2.05) is 36.4 Å². The van der Waals surface area contributed by atoms with Gasteiger partial charge in [0.1, 0.15) is 5.75 Å². The van der Waals surface area contributed by atoms with Crippen LogP contribution in [0, 0.1) is 0 Å². The number of halogens is 2. The fraction of sp³-hybridized carbons (Fsp3) is 0.381. The van der Waals surface area contributed by atoms with E-state index < -0.39 is 0 Å². The fourth-order valence-electron chi connectivity index (χ4n) is 3.31. The molecule has 0 radical (unpaired) electrons. The van der Waals surface area contributed by atoms with Crippen LogP contribution in [0.5, 0.6) is 5.75 Å². The summed E-state index contributed by atoms with van der Waals surface area (Å²) in [5.74, 6) is 0.634. The first-order valence-corrected chi connectivity index (χ1v) is 9.82. The van der Waals surface area contributed by atoms with Crippen LogP contribution in [0.15, 0.2) is 48.5 Å². The van der Waals surface area contributed by atoms with Crippen molar-refractivity contribution in [3.63, 3.8) is 0 Å². The molecule has 1 aliphatic rings. The van der Waals surface area contributed by atoms with E-state index in [0.29, 0.717) is 48.6 Å². The molecule has 144 valence electrons. The molecule has 27 heavy (non-hydrogen) atoms. The van der Waals surface area contributed by atoms with Gasteiger partial charge in [0.05, 0.1) is 13.0 Å². The van der Waals surface area contributed by atoms with Crippen molar-refractivity contribution in [1.29, 1.82) is 0 Å². The number of ether oxygens (including phenoxy) is 2. The molecule has 6 heteroatoms. The van der Waals surface area contributed by atoms with Crippen molar-refractivity contribution in [2.24, 2.45) is 0 Å². The van der Waals surface area contributed by atoms with E-state index in [4.69, 9.17) is 32.7 Å². The summed E-state index contributed by atoms with van der Waals surface area (Å²) in [4.78, 5) is 12.3. The van der Waals surface area contributed by atoms with Crippen molar-refractivity contribution in [2.75, 3.05) is 26.4 Å². The Bertz CT molecular complexity index is 758. The van der Waals surface area contributed by atoms with Crippen molar-refractivity contribution < 1.29 is 14.3 Å². The lowest BCUT2D eigenvalue weighted by Gasteiger charge is -2.38. The average Bonchev–Trinajstić information content (AvgIpc) is 2.68. The van der Waals surface area contributed by atoms with Gasteiger partial charge in [-0.2, -0.15) is 0 Å². The Morgan fingerprint density at radius 3 is 2.52 bits per heavy atom. The maximum atomic E-state index is 12.3. The predicted molar refractivity (Wildman–Crippen MR) is 108 cm³/mol. The molecule has 2 aromatic carbocycles. The highest BCUT2D eigenvalue weighted by atomic mass is 35.5. The van der Waals surface area contributed by atoms with Gasteiger partial charge in [-0.1, -0.05) is 41.4 Å². The van der Waals surface area contributed by atoms with Gasteiger partial charge in [-0.05, 0) is 48.7 Å². The van der Waals surface area contributed by atoms with E-state index in [-0.39, 0.29) is 11.3 Å². The number of carbonyl (C=O) groups is 1. The van der Waals surface area contributed by atoms with Gasteiger partial charge in [0.15, 0.2) is 0 Å². The standard InChI is InChI=1S/C21H23Cl2NO3/c22-17-6-4-16(5-7-17)21(9-12-26-13-10-21)15-24-20(25)8-11-27-19-3-1-2-18(23)14-19/h1-7,14H,8-13,15H2,(H,24,25). The number of hydrogen-bond donors (Lipinski definition) is 1. The molecule has 4 nitrogen and oxygen atoms in total. The van der Waals surface area contributed by atoms with Crippen LogP contribution in [-0.2, 0) is 14.9 Å². The van der Waals surface area contributed by atoms with Gasteiger partial charge in [-0.15, -0.1) is 0 Å². The molecule has 1 aliphatic heterocycles. The van der Waals surface area contributed by atoms with Crippen LogP contribution in [0.25, 0.3) is 0 Å². The van der Waals surface area contributed by atoms with E-state index in [1.165, 1.54) is 5.56 Å². The highest BCUT2D eigenvalue weighted by Crippen LogP contribution is 2.34. The second-order valence-corrected chi connectivity index (χ2v) is 7.61. The minimum atomic E-state index is -0.119. The number of hydrogen-bond acceptors (Lipinski definition) is 3. The molecule has 1 heterocycles. The lowest BCUT2D eigenvalue weighted by Crippen LogP contribution is -2.44. The summed E-state index contributed by atoms with van der Waals surface area (Å²) < 4.78 is 11.1. The van der Waals surface area contributed by atoms with Crippen LogP contribution in [0.3, 0.4) is 0 Å². The summed E-state index contributed by atoms with van der Waals surface area (Å²) in [7, 11) is 0. The van der Waals surface area contributed by atoms with E-state index in [1.54, 1.807) is 12.1 Å². The highest BCUT2D eigenvalue weighted by molar-refractivity contribution is 6.30. The molecule has 1 fully saturated rings. The van der Waals surface area contributed by atoms with Crippen molar-refractivity contribution >= 4 is 29.1 Å². The Hall–Kier alpha value is -1.75. The highest BCUT2D eigenvalue weighted by Gasteiger charge is 2.34. The average molecular weight is 408 g/mol. The Kier molecular flexibility index (Phi) is 7.00. The predicted octanol–water partition coefficient (Wildman–Crippen LogP) is 4.63. The molecule has 1 saturated heterocycles. The molecule has 0 atom stereocenters. The van der Waals surface area contributed by atoms with Gasteiger partial charge in [0.2, 0.25) is 5.91 Å². The van der Waals surface area contributed by atoms with Crippen LogP contribution >= 0.6 is 23.2 Å². The number of amides is 1. The van der Waals surface area contributed by atoms with Gasteiger partial charge in [-0.3, -0.25) is 4.79 Å². The Morgan fingerprint density at radius 2 is 1.81 bits per heavy atom. The normalized spacial score (nSPS) is 15.9. The second-order valence-electron chi connectivity index (χ2n) is 6.73. The monoisotopic (exact) mass is 407 g/mol. The van der Waals surface area contributed by atoms with Crippen molar-refractivity contribution in [1.82, 2.24) is 5.32 Å². The maximum Gasteiger partial charge on any atom is 0.223 e. The molecular weight excluding hydrogens is 385 g/mol. The molecule has 0 spiro atoms. The van der Waals surface area contributed by atoms with E-state index in [9.17, 15) is 4.79 Å². The van der Waals surface area contributed by atoms with Gasteiger partial charge >= 0.3 is 0 Å². The SMILES string of the molecule is O=C(CCOc1cccc(Cl)c1)NCC1(c2ccc(Cl)cc2)CCOCC1. The Morgan fingerprint density at radius 1 is 1.07 bits per heavy atom. The van der Waals surface area contributed by atoms with Gasteiger partial charge in [-0.25, -0.2) is 0 Å². The summed E-state index contributed by atoms with van der Waals surface area (Å²) in [6, 6.07) is 15.0. The molecule has 3 rings (SSSR count). The summed E-state index contributed by atoms with van der Waals surface area (Å²) in [6.45, 7) is 2.27. The van der Waals surface area contributed by atoms with Crippen molar-refractivity contribution in [3.8, 4) is 5.75 Å². The lowest BCUT2D eigenvalue weighted by molar-refractivity contribution is -0.122. The summed E-state index contributed by atoms with van der Waals surface area (Å²) in [6.07, 6.45) is 2.03. The Labute approximate surface area is 169 Å². The first-order valence-electron chi connectivity index (χ1n) is 9.06. The van der Waals surface area contributed by atoms with Crippen LogP contribution < -0.4 is 10.1 Å². The molecule has 1 N–H and O–H groups in total. The first kappa shape index (κ1) is 20.0. The minimum absolute atomic E-state index is 0.0307.